The van der Waals surface area contributed by atoms with Gasteiger partial charge in [0.1, 0.15) is 11.6 Å². The Bertz CT molecular complexity index is 944. The number of aromatic nitrogens is 3. The van der Waals surface area contributed by atoms with Crippen LogP contribution in [0.3, 0.4) is 0 Å². The van der Waals surface area contributed by atoms with Crippen molar-refractivity contribution in [3.63, 3.8) is 0 Å². The van der Waals surface area contributed by atoms with Crippen LogP contribution in [0, 0.1) is 5.82 Å². The van der Waals surface area contributed by atoms with Crippen LogP contribution in [0.4, 0.5) is 21.8 Å². The second-order valence-electron chi connectivity index (χ2n) is 6.76. The van der Waals surface area contributed by atoms with Gasteiger partial charge in [0.15, 0.2) is 5.82 Å². The second-order valence-corrected chi connectivity index (χ2v) is 6.76. The number of benzene rings is 2. The first-order chi connectivity index (χ1) is 14.2. The van der Waals surface area contributed by atoms with Gasteiger partial charge in [0.2, 0.25) is 5.95 Å². The highest BCUT2D eigenvalue weighted by atomic mass is 19.1. The van der Waals surface area contributed by atoms with E-state index >= 15 is 0 Å². The fourth-order valence-corrected chi connectivity index (χ4v) is 3.32. The first-order valence-corrected chi connectivity index (χ1v) is 9.54. The van der Waals surface area contributed by atoms with Gasteiger partial charge in [-0.15, -0.1) is 5.10 Å². The highest BCUT2D eigenvalue weighted by molar-refractivity contribution is 5.51. The van der Waals surface area contributed by atoms with E-state index in [-0.39, 0.29) is 5.82 Å². The summed E-state index contributed by atoms with van der Waals surface area (Å²) >= 11 is 0. The summed E-state index contributed by atoms with van der Waals surface area (Å²) in [6.07, 6.45) is 1.66. The van der Waals surface area contributed by atoms with E-state index < -0.39 is 0 Å². The summed E-state index contributed by atoms with van der Waals surface area (Å²) in [5.74, 6) is 1.77. The van der Waals surface area contributed by atoms with Gasteiger partial charge in [-0.2, -0.15) is 10.1 Å². The lowest BCUT2D eigenvalue weighted by Crippen LogP contribution is -2.46. The van der Waals surface area contributed by atoms with Gasteiger partial charge in [0, 0.05) is 44.0 Å². The summed E-state index contributed by atoms with van der Waals surface area (Å²) in [5.41, 5.74) is 1.74. The molecule has 0 amide bonds. The molecule has 7 nitrogen and oxygen atoms in total. The third-order valence-electron chi connectivity index (χ3n) is 4.98. The van der Waals surface area contributed by atoms with Gasteiger partial charge in [-0.05, 0) is 30.3 Å². The zero-order valence-electron chi connectivity index (χ0n) is 16.3. The van der Waals surface area contributed by atoms with Crippen molar-refractivity contribution in [1.82, 2.24) is 15.2 Å². The molecule has 1 aliphatic rings. The smallest absolute Gasteiger partial charge is 0.244 e. The van der Waals surface area contributed by atoms with Gasteiger partial charge < -0.3 is 19.9 Å². The van der Waals surface area contributed by atoms with E-state index in [2.05, 4.69) is 42.4 Å². The molecular weight excluding hydrogens is 371 g/mol. The monoisotopic (exact) mass is 394 g/mol. The number of rotatable bonds is 6. The van der Waals surface area contributed by atoms with Crippen molar-refractivity contribution in [1.29, 1.82) is 0 Å². The Morgan fingerprint density at radius 3 is 2.45 bits per heavy atom. The van der Waals surface area contributed by atoms with Crippen LogP contribution >= 0.6 is 0 Å². The Labute approximate surface area is 169 Å². The van der Waals surface area contributed by atoms with E-state index in [1.165, 1.54) is 11.8 Å². The summed E-state index contributed by atoms with van der Waals surface area (Å²) in [4.78, 5) is 9.06. The van der Waals surface area contributed by atoms with Crippen molar-refractivity contribution in [2.24, 2.45) is 0 Å². The molecule has 8 heteroatoms. The summed E-state index contributed by atoms with van der Waals surface area (Å²) in [5, 5.41) is 11.1. The molecule has 0 saturated carbocycles. The predicted octanol–water partition coefficient (Wildman–Crippen LogP) is 2.96. The highest BCUT2D eigenvalue weighted by Crippen LogP contribution is 2.22. The zero-order valence-corrected chi connectivity index (χ0v) is 16.3. The van der Waals surface area contributed by atoms with E-state index in [1.807, 2.05) is 12.1 Å². The van der Waals surface area contributed by atoms with Crippen LogP contribution in [0.1, 0.15) is 5.56 Å². The minimum Gasteiger partial charge on any atom is -0.497 e. The average molecular weight is 394 g/mol. The van der Waals surface area contributed by atoms with Gasteiger partial charge >= 0.3 is 0 Å². The number of methoxy groups -OCH3 is 1. The van der Waals surface area contributed by atoms with Crippen molar-refractivity contribution in [3.05, 3.63) is 66.1 Å². The predicted molar refractivity (Wildman–Crippen MR) is 111 cm³/mol. The van der Waals surface area contributed by atoms with Crippen molar-refractivity contribution in [2.75, 3.05) is 48.4 Å². The van der Waals surface area contributed by atoms with E-state index in [9.17, 15) is 4.39 Å². The molecule has 1 aromatic heterocycles. The maximum Gasteiger partial charge on any atom is 0.244 e. The van der Waals surface area contributed by atoms with Crippen molar-refractivity contribution >= 4 is 17.5 Å². The van der Waals surface area contributed by atoms with Crippen molar-refractivity contribution < 1.29 is 9.13 Å². The zero-order chi connectivity index (χ0) is 20.1. The number of anilines is 3. The lowest BCUT2D eigenvalue weighted by molar-refractivity contribution is 0.415. The van der Waals surface area contributed by atoms with Crippen LogP contribution in [-0.4, -0.2) is 48.5 Å². The summed E-state index contributed by atoms with van der Waals surface area (Å²) in [6, 6.07) is 14.7. The van der Waals surface area contributed by atoms with E-state index in [0.717, 1.165) is 37.7 Å². The number of halogens is 1. The molecule has 0 radical (unpaired) electrons. The van der Waals surface area contributed by atoms with Crippen LogP contribution in [0.25, 0.3) is 0 Å². The fraction of sp³-hybridized carbons (Fsp3) is 0.286. The van der Waals surface area contributed by atoms with E-state index in [4.69, 9.17) is 4.74 Å². The number of nitrogens with zero attached hydrogens (tertiary/aromatic N) is 5. The van der Waals surface area contributed by atoms with E-state index in [1.54, 1.807) is 31.5 Å². The summed E-state index contributed by atoms with van der Waals surface area (Å²) in [6.45, 7) is 3.74. The van der Waals surface area contributed by atoms with Gasteiger partial charge in [-0.3, -0.25) is 0 Å². The minimum atomic E-state index is -0.251. The lowest BCUT2D eigenvalue weighted by Gasteiger charge is -2.36. The van der Waals surface area contributed by atoms with Crippen molar-refractivity contribution in [3.8, 4) is 5.75 Å². The highest BCUT2D eigenvalue weighted by Gasteiger charge is 2.19. The Kier molecular flexibility index (Phi) is 5.69. The molecular formula is C21H23FN6O. The standard InChI is InChI=1S/C21H23FN6O/c1-29-18-8-6-17(7-9-18)27-10-12-28(13-11-27)20-15-24-26-21(25-20)23-14-16-4-2-3-5-19(16)22/h2-9,15H,10-14H2,1H3,(H,23,25,26). The molecule has 1 fully saturated rings. The maximum absolute atomic E-state index is 13.8. The third-order valence-corrected chi connectivity index (χ3v) is 4.98. The molecule has 1 N–H and O–H groups in total. The molecule has 0 spiro atoms. The first kappa shape index (κ1) is 18.9. The molecule has 2 heterocycles. The molecule has 1 saturated heterocycles. The minimum absolute atomic E-state index is 0.251. The molecule has 0 atom stereocenters. The topological polar surface area (TPSA) is 66.4 Å². The first-order valence-electron chi connectivity index (χ1n) is 9.54. The molecule has 0 unspecified atom stereocenters. The Morgan fingerprint density at radius 1 is 1.00 bits per heavy atom. The van der Waals surface area contributed by atoms with Gasteiger partial charge in [-0.25, -0.2) is 4.39 Å². The normalized spacial score (nSPS) is 14.0. The van der Waals surface area contributed by atoms with Crippen LogP contribution in [-0.2, 0) is 6.54 Å². The molecule has 0 bridgehead atoms. The molecule has 4 rings (SSSR count). The molecule has 29 heavy (non-hydrogen) atoms. The average Bonchev–Trinajstić information content (AvgIpc) is 2.79. The quantitative estimate of drug-likeness (QED) is 0.689. The van der Waals surface area contributed by atoms with Gasteiger partial charge in [0.05, 0.1) is 13.3 Å². The number of hydrogen-bond donors (Lipinski definition) is 1. The number of hydrogen-bond acceptors (Lipinski definition) is 7. The van der Waals surface area contributed by atoms with Gasteiger partial charge in [-0.1, -0.05) is 18.2 Å². The van der Waals surface area contributed by atoms with Crippen molar-refractivity contribution in [2.45, 2.75) is 6.54 Å². The van der Waals surface area contributed by atoms with Gasteiger partial charge in [0.25, 0.3) is 0 Å². The third kappa shape index (κ3) is 4.53. The fourth-order valence-electron chi connectivity index (χ4n) is 3.32. The Hall–Kier alpha value is -3.42. The largest absolute Gasteiger partial charge is 0.497 e. The number of nitrogens with one attached hydrogen (secondary N) is 1. The van der Waals surface area contributed by atoms with Crippen LogP contribution in [0.5, 0.6) is 5.75 Å². The Morgan fingerprint density at radius 2 is 1.72 bits per heavy atom. The molecule has 2 aromatic carbocycles. The number of ether oxygens (including phenoxy) is 1. The van der Waals surface area contributed by atoms with E-state index in [0.29, 0.717) is 18.1 Å². The number of piperazine rings is 1. The van der Waals surface area contributed by atoms with Crippen LogP contribution < -0.4 is 19.9 Å². The summed E-state index contributed by atoms with van der Waals surface area (Å²) < 4.78 is 19.0. The summed E-state index contributed by atoms with van der Waals surface area (Å²) in [7, 11) is 1.67. The SMILES string of the molecule is COc1ccc(N2CCN(c3cnnc(NCc4ccccc4F)n3)CC2)cc1. The Balaban J connectivity index is 1.36. The second kappa shape index (κ2) is 8.72. The lowest BCUT2D eigenvalue weighted by atomic mass is 10.2. The molecule has 0 aliphatic carbocycles. The molecule has 150 valence electrons. The maximum atomic E-state index is 13.8. The molecule has 1 aliphatic heterocycles. The van der Waals surface area contributed by atoms with Crippen LogP contribution in [0.15, 0.2) is 54.7 Å². The molecule has 3 aromatic rings. The van der Waals surface area contributed by atoms with Crippen LogP contribution in [0.2, 0.25) is 0 Å².